The first-order valence-electron chi connectivity index (χ1n) is 12.4. The smallest absolute Gasteiger partial charge is 0.277 e. The molecule has 0 spiro atoms. The van der Waals surface area contributed by atoms with Crippen LogP contribution in [-0.4, -0.2) is 24.1 Å². The van der Waals surface area contributed by atoms with Gasteiger partial charge in [0.05, 0.1) is 11.3 Å². The molecular formula is C29H30BrN3O2S. The quantitative estimate of drug-likeness (QED) is 0.359. The minimum Gasteiger partial charge on any atom is -0.322 e. The molecule has 5 nitrogen and oxygen atoms in total. The van der Waals surface area contributed by atoms with Gasteiger partial charge in [-0.25, -0.2) is 4.99 Å². The highest BCUT2D eigenvalue weighted by molar-refractivity contribution is 9.10. The summed E-state index contributed by atoms with van der Waals surface area (Å²) in [5, 5.41) is 3.68. The van der Waals surface area contributed by atoms with E-state index in [0.29, 0.717) is 28.7 Å². The van der Waals surface area contributed by atoms with Gasteiger partial charge in [-0.15, -0.1) is 11.3 Å². The van der Waals surface area contributed by atoms with Crippen LogP contribution < -0.4 is 10.2 Å². The highest BCUT2D eigenvalue weighted by atomic mass is 79.9. The van der Waals surface area contributed by atoms with Crippen molar-refractivity contribution in [1.82, 2.24) is 0 Å². The van der Waals surface area contributed by atoms with E-state index >= 15 is 0 Å². The molecule has 2 amide bonds. The molecule has 36 heavy (non-hydrogen) atoms. The van der Waals surface area contributed by atoms with Crippen LogP contribution in [0, 0.1) is 11.3 Å². The van der Waals surface area contributed by atoms with Gasteiger partial charge in [-0.2, -0.15) is 0 Å². The number of nitrogens with one attached hydrogen (secondary N) is 1. The summed E-state index contributed by atoms with van der Waals surface area (Å²) in [6, 6.07) is 15.3. The first-order chi connectivity index (χ1) is 17.2. The fourth-order valence-electron chi connectivity index (χ4n) is 5.15. The van der Waals surface area contributed by atoms with Gasteiger partial charge in [0, 0.05) is 27.1 Å². The maximum absolute atomic E-state index is 13.6. The van der Waals surface area contributed by atoms with E-state index in [1.807, 2.05) is 55.5 Å². The standard InChI is InChI=1S/C29H30BrN3O2S/c1-5-33-22-14-12-18(30)16-21(22)25(28(33)35)32-27-24(26(34)31-19-9-7-6-8-10-19)20-13-11-17(29(2,3)4)15-23(20)36-27/h6-10,12,14,16-17H,5,11,13,15H2,1-4H3,(H,31,34)/t17-/m1/s1. The predicted molar refractivity (Wildman–Crippen MR) is 152 cm³/mol. The number of halogens is 1. The van der Waals surface area contributed by atoms with Crippen molar-refractivity contribution >= 4 is 61.2 Å². The number of benzene rings is 2. The van der Waals surface area contributed by atoms with Crippen molar-refractivity contribution in [2.75, 3.05) is 16.8 Å². The van der Waals surface area contributed by atoms with E-state index in [1.54, 1.807) is 16.2 Å². The molecule has 5 rings (SSSR count). The number of amides is 2. The third-order valence-electron chi connectivity index (χ3n) is 7.21. The zero-order valence-electron chi connectivity index (χ0n) is 21.0. The number of carbonyl (C=O) groups is 2. The Bertz CT molecular complexity index is 1370. The lowest BCUT2D eigenvalue weighted by atomic mass is 9.72. The summed E-state index contributed by atoms with van der Waals surface area (Å²) in [5.74, 6) is 0.244. The Kier molecular flexibility index (Phi) is 6.64. The number of nitrogens with zero attached hydrogens (tertiary/aromatic N) is 2. The topological polar surface area (TPSA) is 61.8 Å². The van der Waals surface area contributed by atoms with Crippen LogP contribution in [0.4, 0.5) is 16.4 Å². The van der Waals surface area contributed by atoms with Gasteiger partial charge >= 0.3 is 0 Å². The molecule has 0 saturated heterocycles. The van der Waals surface area contributed by atoms with Gasteiger partial charge in [-0.05, 0) is 73.4 Å². The van der Waals surface area contributed by atoms with Crippen molar-refractivity contribution in [2.24, 2.45) is 16.3 Å². The number of rotatable bonds is 4. The molecule has 0 bridgehead atoms. The Labute approximate surface area is 224 Å². The van der Waals surface area contributed by atoms with Crippen LogP contribution in [0.5, 0.6) is 0 Å². The van der Waals surface area contributed by atoms with Gasteiger partial charge in [0.2, 0.25) is 0 Å². The van der Waals surface area contributed by atoms with E-state index in [-0.39, 0.29) is 17.2 Å². The molecule has 1 aliphatic carbocycles. The van der Waals surface area contributed by atoms with Crippen molar-refractivity contribution in [3.63, 3.8) is 0 Å². The molecule has 1 aromatic heterocycles. The number of fused-ring (bicyclic) bond motifs is 2. The number of carbonyl (C=O) groups excluding carboxylic acids is 2. The molecule has 3 aromatic rings. The SMILES string of the molecule is CCN1C(=O)C(=Nc2sc3c(c2C(=O)Nc2ccccc2)CC[C@@H](C(C)(C)C)C3)c2cc(Br)ccc21. The number of thiophene rings is 1. The van der Waals surface area contributed by atoms with Crippen molar-refractivity contribution < 1.29 is 9.59 Å². The fraction of sp³-hybridized carbons (Fsp3) is 0.345. The van der Waals surface area contributed by atoms with Gasteiger partial charge in [0.25, 0.3) is 11.8 Å². The van der Waals surface area contributed by atoms with E-state index in [0.717, 1.165) is 46.2 Å². The van der Waals surface area contributed by atoms with Gasteiger partial charge < -0.3 is 10.2 Å². The van der Waals surface area contributed by atoms with Crippen molar-refractivity contribution in [2.45, 2.75) is 47.0 Å². The Balaban J connectivity index is 1.63. The minimum absolute atomic E-state index is 0.126. The van der Waals surface area contributed by atoms with Crippen LogP contribution in [0.3, 0.4) is 0 Å². The summed E-state index contributed by atoms with van der Waals surface area (Å²) in [4.78, 5) is 34.9. The van der Waals surface area contributed by atoms with Gasteiger partial charge in [-0.1, -0.05) is 54.9 Å². The number of anilines is 2. The van der Waals surface area contributed by atoms with Crippen molar-refractivity contribution in [3.8, 4) is 0 Å². The third kappa shape index (κ3) is 4.55. The molecule has 1 aliphatic heterocycles. The summed E-state index contributed by atoms with van der Waals surface area (Å²) in [6.45, 7) is 9.37. The lowest BCUT2D eigenvalue weighted by Crippen LogP contribution is -2.29. The normalized spacial score (nSPS) is 18.4. The second-order valence-corrected chi connectivity index (χ2v) is 12.5. The molecule has 0 radical (unpaired) electrons. The second kappa shape index (κ2) is 9.60. The zero-order valence-corrected chi connectivity index (χ0v) is 23.4. The summed E-state index contributed by atoms with van der Waals surface area (Å²) in [6.07, 6.45) is 2.80. The van der Waals surface area contributed by atoms with E-state index in [4.69, 9.17) is 4.99 Å². The molecule has 186 valence electrons. The number of likely N-dealkylation sites (N-methyl/N-ethyl adjacent to an activating group) is 1. The molecule has 1 atom stereocenters. The van der Waals surface area contributed by atoms with E-state index < -0.39 is 0 Å². The molecule has 7 heteroatoms. The van der Waals surface area contributed by atoms with Gasteiger partial charge in [0.1, 0.15) is 10.7 Å². The highest BCUT2D eigenvalue weighted by Crippen LogP contribution is 2.46. The van der Waals surface area contributed by atoms with Crippen molar-refractivity contribution in [1.29, 1.82) is 0 Å². The van der Waals surface area contributed by atoms with E-state index in [9.17, 15) is 9.59 Å². The van der Waals surface area contributed by atoms with E-state index in [2.05, 4.69) is 42.0 Å². The van der Waals surface area contributed by atoms with Crippen LogP contribution in [0.25, 0.3) is 0 Å². The van der Waals surface area contributed by atoms with Crippen LogP contribution in [0.1, 0.15) is 60.5 Å². The molecule has 0 saturated carbocycles. The van der Waals surface area contributed by atoms with Crippen molar-refractivity contribution in [3.05, 3.63) is 74.6 Å². The van der Waals surface area contributed by atoms with Gasteiger partial charge in [-0.3, -0.25) is 9.59 Å². The average Bonchev–Trinajstić information content (AvgIpc) is 3.33. The fourth-order valence-corrected chi connectivity index (χ4v) is 6.81. The Morgan fingerprint density at radius 2 is 1.94 bits per heavy atom. The lowest BCUT2D eigenvalue weighted by molar-refractivity contribution is -0.112. The molecule has 2 aliphatic rings. The Hall–Kier alpha value is -2.77. The molecule has 0 unspecified atom stereocenters. The molecule has 0 fully saturated rings. The number of para-hydroxylation sites is 1. The largest absolute Gasteiger partial charge is 0.322 e. The monoisotopic (exact) mass is 563 g/mol. The Morgan fingerprint density at radius 3 is 2.64 bits per heavy atom. The molecule has 2 aromatic carbocycles. The number of hydrogen-bond donors (Lipinski definition) is 1. The van der Waals surface area contributed by atoms with Crippen LogP contribution in [0.2, 0.25) is 0 Å². The second-order valence-electron chi connectivity index (χ2n) is 10.5. The molecular weight excluding hydrogens is 534 g/mol. The molecule has 1 N–H and O–H groups in total. The number of aliphatic imine (C=N–C) groups is 1. The lowest BCUT2D eigenvalue weighted by Gasteiger charge is -2.33. The maximum atomic E-state index is 13.6. The minimum atomic E-state index is -0.167. The zero-order chi connectivity index (χ0) is 25.6. The maximum Gasteiger partial charge on any atom is 0.277 e. The molecule has 2 heterocycles. The van der Waals surface area contributed by atoms with Gasteiger partial charge in [0.15, 0.2) is 0 Å². The highest BCUT2D eigenvalue weighted by Gasteiger charge is 2.36. The van der Waals surface area contributed by atoms with Crippen LogP contribution in [0.15, 0.2) is 58.0 Å². The predicted octanol–water partition coefficient (Wildman–Crippen LogP) is 7.40. The van der Waals surface area contributed by atoms with E-state index in [1.165, 1.54) is 4.88 Å². The van der Waals surface area contributed by atoms with Crippen LogP contribution in [-0.2, 0) is 17.6 Å². The summed E-state index contributed by atoms with van der Waals surface area (Å²) >= 11 is 5.11. The summed E-state index contributed by atoms with van der Waals surface area (Å²) in [5.41, 5.74) is 4.67. The Morgan fingerprint density at radius 1 is 1.19 bits per heavy atom. The first kappa shape index (κ1) is 24.9. The first-order valence-corrected chi connectivity index (χ1v) is 14.0. The third-order valence-corrected chi connectivity index (χ3v) is 8.85. The average molecular weight is 565 g/mol. The van der Waals surface area contributed by atoms with Crippen LogP contribution >= 0.6 is 27.3 Å². The summed E-state index contributed by atoms with van der Waals surface area (Å²) < 4.78 is 0.889. The number of hydrogen-bond acceptors (Lipinski definition) is 4. The summed E-state index contributed by atoms with van der Waals surface area (Å²) in [7, 11) is 0.